The first-order chi connectivity index (χ1) is 13.6. The molecule has 2 rings (SSSR count). The van der Waals surface area contributed by atoms with Crippen LogP contribution in [-0.2, 0) is 9.53 Å². The van der Waals surface area contributed by atoms with Crippen molar-refractivity contribution >= 4 is 11.9 Å². The highest BCUT2D eigenvalue weighted by atomic mass is 16.5. The second kappa shape index (κ2) is 13.0. The van der Waals surface area contributed by atoms with Gasteiger partial charge in [0.2, 0.25) is 5.91 Å². The summed E-state index contributed by atoms with van der Waals surface area (Å²) in [6, 6.07) is 0.422. The van der Waals surface area contributed by atoms with Crippen LogP contribution in [0, 0.1) is 11.8 Å². The minimum absolute atomic E-state index is 0.183. The maximum Gasteiger partial charge on any atom is 0.220 e. The molecule has 0 bridgehead atoms. The fraction of sp³-hybridized carbons (Fsp3) is 0.905. The number of morpholine rings is 1. The Morgan fingerprint density at radius 2 is 1.79 bits per heavy atom. The summed E-state index contributed by atoms with van der Waals surface area (Å²) in [5.74, 6) is 2.15. The lowest BCUT2D eigenvalue weighted by Gasteiger charge is -2.36. The Bertz CT molecular complexity index is 471. The zero-order valence-electron chi connectivity index (χ0n) is 18.1. The molecule has 0 radical (unpaired) electrons. The van der Waals surface area contributed by atoms with Gasteiger partial charge in [0.05, 0.1) is 19.8 Å². The molecule has 0 aromatic rings. The first kappa shape index (κ1) is 22.9. The third-order valence-electron chi connectivity index (χ3n) is 5.75. The van der Waals surface area contributed by atoms with Crippen LogP contribution < -0.4 is 16.0 Å². The fourth-order valence-corrected chi connectivity index (χ4v) is 4.12. The Morgan fingerprint density at radius 1 is 1.11 bits per heavy atom. The second-order valence-electron chi connectivity index (χ2n) is 8.31. The molecule has 0 aromatic carbocycles. The number of carbonyl (C=O) groups is 1. The number of amides is 1. The van der Waals surface area contributed by atoms with Gasteiger partial charge >= 0.3 is 0 Å². The zero-order valence-corrected chi connectivity index (χ0v) is 18.1. The van der Waals surface area contributed by atoms with Crippen LogP contribution in [0.4, 0.5) is 0 Å². The molecule has 0 aromatic heterocycles. The second-order valence-corrected chi connectivity index (χ2v) is 8.31. The highest BCUT2D eigenvalue weighted by molar-refractivity contribution is 5.80. The van der Waals surface area contributed by atoms with E-state index in [1.165, 1.54) is 25.7 Å². The van der Waals surface area contributed by atoms with E-state index in [2.05, 4.69) is 41.6 Å². The van der Waals surface area contributed by atoms with E-state index in [1.807, 2.05) is 0 Å². The van der Waals surface area contributed by atoms with Crippen molar-refractivity contribution in [3.05, 3.63) is 0 Å². The predicted octanol–water partition coefficient (Wildman–Crippen LogP) is 1.59. The smallest absolute Gasteiger partial charge is 0.220 e. The molecule has 1 aliphatic carbocycles. The van der Waals surface area contributed by atoms with Gasteiger partial charge in [-0.2, -0.15) is 0 Å². The lowest BCUT2D eigenvalue weighted by atomic mass is 10.0. The molecule has 28 heavy (non-hydrogen) atoms. The number of aliphatic imine (C=N–C) groups is 1. The molecule has 2 fully saturated rings. The van der Waals surface area contributed by atoms with Crippen LogP contribution >= 0.6 is 0 Å². The number of hydrogen-bond acceptors (Lipinski definition) is 4. The van der Waals surface area contributed by atoms with Gasteiger partial charge in [-0.3, -0.25) is 14.7 Å². The van der Waals surface area contributed by atoms with Crippen molar-refractivity contribution in [3.8, 4) is 0 Å². The van der Waals surface area contributed by atoms with E-state index in [0.717, 1.165) is 45.4 Å². The van der Waals surface area contributed by atoms with Crippen molar-refractivity contribution < 1.29 is 9.53 Å². The van der Waals surface area contributed by atoms with E-state index in [9.17, 15) is 4.79 Å². The minimum atomic E-state index is 0.183. The summed E-state index contributed by atoms with van der Waals surface area (Å²) in [6.45, 7) is 13.1. The maximum atomic E-state index is 12.0. The summed E-state index contributed by atoms with van der Waals surface area (Å²) < 4.78 is 5.48. The first-order valence-electron chi connectivity index (χ1n) is 11.2. The first-order valence-corrected chi connectivity index (χ1v) is 11.2. The largest absolute Gasteiger partial charge is 0.379 e. The van der Waals surface area contributed by atoms with E-state index >= 15 is 0 Å². The van der Waals surface area contributed by atoms with Gasteiger partial charge in [-0.15, -0.1) is 0 Å². The predicted molar refractivity (Wildman–Crippen MR) is 115 cm³/mol. The SMILES string of the molecule is CCNC(=NCC(C(C)C)N1CCOCC1)NCCNC(=O)CC1CCCC1. The van der Waals surface area contributed by atoms with E-state index < -0.39 is 0 Å². The molecule has 0 spiro atoms. The van der Waals surface area contributed by atoms with Crippen LogP contribution in [0.25, 0.3) is 0 Å². The van der Waals surface area contributed by atoms with Crippen LogP contribution in [-0.4, -0.2) is 75.3 Å². The zero-order chi connectivity index (χ0) is 20.2. The molecule has 1 atom stereocenters. The molecule has 7 nitrogen and oxygen atoms in total. The van der Waals surface area contributed by atoms with Gasteiger partial charge in [-0.1, -0.05) is 26.7 Å². The summed E-state index contributed by atoms with van der Waals surface area (Å²) in [7, 11) is 0. The molecule has 2 aliphatic rings. The minimum Gasteiger partial charge on any atom is -0.379 e. The molecular formula is C21H41N5O2. The van der Waals surface area contributed by atoms with Gasteiger partial charge in [0.25, 0.3) is 0 Å². The third-order valence-corrected chi connectivity index (χ3v) is 5.75. The molecule has 1 heterocycles. The molecule has 1 amide bonds. The van der Waals surface area contributed by atoms with Crippen LogP contribution in [0.1, 0.15) is 52.9 Å². The molecule has 1 saturated carbocycles. The number of guanidine groups is 1. The van der Waals surface area contributed by atoms with Crippen molar-refractivity contribution in [1.29, 1.82) is 0 Å². The summed E-state index contributed by atoms with van der Waals surface area (Å²) in [4.78, 5) is 19.3. The third kappa shape index (κ3) is 8.35. The summed E-state index contributed by atoms with van der Waals surface area (Å²) in [5.41, 5.74) is 0. The topological polar surface area (TPSA) is 78.0 Å². The van der Waals surface area contributed by atoms with Gasteiger partial charge in [0.15, 0.2) is 5.96 Å². The number of nitrogens with one attached hydrogen (secondary N) is 3. The van der Waals surface area contributed by atoms with Gasteiger partial charge in [-0.25, -0.2) is 0 Å². The highest BCUT2D eigenvalue weighted by Gasteiger charge is 2.23. The summed E-state index contributed by atoms with van der Waals surface area (Å²) in [6.07, 6.45) is 5.67. The van der Waals surface area contributed by atoms with Crippen LogP contribution in [0.15, 0.2) is 4.99 Å². The molecule has 3 N–H and O–H groups in total. The molecule has 1 saturated heterocycles. The van der Waals surface area contributed by atoms with Crippen molar-refractivity contribution in [2.24, 2.45) is 16.8 Å². The van der Waals surface area contributed by atoms with E-state index in [-0.39, 0.29) is 5.91 Å². The van der Waals surface area contributed by atoms with Crippen molar-refractivity contribution in [3.63, 3.8) is 0 Å². The molecular weight excluding hydrogens is 354 g/mol. The van der Waals surface area contributed by atoms with Crippen molar-refractivity contribution in [2.75, 3.05) is 52.5 Å². The lowest BCUT2D eigenvalue weighted by molar-refractivity contribution is -0.121. The van der Waals surface area contributed by atoms with Gasteiger partial charge in [0.1, 0.15) is 0 Å². The molecule has 162 valence electrons. The Hall–Kier alpha value is -1.34. The quantitative estimate of drug-likeness (QED) is 0.297. The van der Waals surface area contributed by atoms with Gasteiger partial charge in [0, 0.05) is 45.2 Å². The van der Waals surface area contributed by atoms with Crippen molar-refractivity contribution in [1.82, 2.24) is 20.9 Å². The fourth-order valence-electron chi connectivity index (χ4n) is 4.12. The van der Waals surface area contributed by atoms with E-state index in [0.29, 0.717) is 37.4 Å². The molecule has 1 aliphatic heterocycles. The number of hydrogen-bond donors (Lipinski definition) is 3. The number of rotatable bonds is 10. The van der Waals surface area contributed by atoms with Crippen LogP contribution in [0.2, 0.25) is 0 Å². The Labute approximate surface area is 171 Å². The average molecular weight is 396 g/mol. The summed E-state index contributed by atoms with van der Waals surface area (Å²) >= 11 is 0. The number of nitrogens with zero attached hydrogens (tertiary/aromatic N) is 2. The monoisotopic (exact) mass is 395 g/mol. The summed E-state index contributed by atoms with van der Waals surface area (Å²) in [5, 5.41) is 9.69. The van der Waals surface area contributed by atoms with E-state index in [4.69, 9.17) is 9.73 Å². The standard InChI is InChI=1S/C21H41N5O2/c1-4-22-21(24-10-9-23-20(27)15-18-7-5-6-8-18)25-16-19(17(2)3)26-11-13-28-14-12-26/h17-19H,4-16H2,1-3H3,(H,23,27)(H2,22,24,25). The van der Waals surface area contributed by atoms with Crippen LogP contribution in [0.5, 0.6) is 0 Å². The van der Waals surface area contributed by atoms with Gasteiger partial charge < -0.3 is 20.7 Å². The highest BCUT2D eigenvalue weighted by Crippen LogP contribution is 2.27. The van der Waals surface area contributed by atoms with E-state index in [1.54, 1.807) is 0 Å². The Balaban J connectivity index is 1.73. The average Bonchev–Trinajstić information content (AvgIpc) is 3.18. The van der Waals surface area contributed by atoms with Crippen molar-refractivity contribution in [2.45, 2.75) is 58.9 Å². The maximum absolute atomic E-state index is 12.0. The number of carbonyl (C=O) groups excluding carboxylic acids is 1. The Morgan fingerprint density at radius 3 is 2.43 bits per heavy atom. The molecule has 1 unspecified atom stereocenters. The normalized spacial score (nSPS) is 20.4. The Kier molecular flexibility index (Phi) is 10.6. The van der Waals surface area contributed by atoms with Gasteiger partial charge in [-0.05, 0) is 31.6 Å². The lowest BCUT2D eigenvalue weighted by Crippen LogP contribution is -2.48. The molecule has 7 heteroatoms. The van der Waals surface area contributed by atoms with Crippen LogP contribution in [0.3, 0.4) is 0 Å². The number of ether oxygens (including phenoxy) is 1.